The number of aromatic nitrogens is 5. The number of aromatic hydroxyl groups is 1. The highest BCUT2D eigenvalue weighted by Gasteiger charge is 2.20. The van der Waals surface area contributed by atoms with Crippen molar-refractivity contribution < 1.29 is 5.11 Å². The number of nitrogens with one attached hydrogen (secondary N) is 3. The molecule has 0 bridgehead atoms. The highest BCUT2D eigenvalue weighted by Crippen LogP contribution is 2.26. The van der Waals surface area contributed by atoms with Crippen LogP contribution in [0.3, 0.4) is 0 Å². The molecule has 9 nitrogen and oxygen atoms in total. The summed E-state index contributed by atoms with van der Waals surface area (Å²) in [7, 11) is 0. The van der Waals surface area contributed by atoms with Crippen LogP contribution in [-0.4, -0.2) is 35.7 Å². The summed E-state index contributed by atoms with van der Waals surface area (Å²) in [5.41, 5.74) is 3.11. The summed E-state index contributed by atoms with van der Waals surface area (Å²) in [6, 6.07) is 14.5. The van der Waals surface area contributed by atoms with E-state index in [1.165, 1.54) is 4.88 Å². The Hall–Kier alpha value is -4.18. The van der Waals surface area contributed by atoms with Crippen LogP contribution in [0.15, 0.2) is 63.8 Å². The number of aromatic amines is 2. The third-order valence-electron chi connectivity index (χ3n) is 5.34. The first-order chi connectivity index (χ1) is 16.1. The number of rotatable bonds is 5. The molecule has 1 aromatic carbocycles. The van der Waals surface area contributed by atoms with Crippen molar-refractivity contribution in [3.63, 3.8) is 0 Å². The number of benzene rings is 1. The Bertz CT molecular complexity index is 1630. The Kier molecular flexibility index (Phi) is 4.58. The lowest BCUT2D eigenvalue weighted by Crippen LogP contribution is -2.19. The van der Waals surface area contributed by atoms with Crippen LogP contribution >= 0.6 is 11.3 Å². The smallest absolute Gasteiger partial charge is 0.326 e. The van der Waals surface area contributed by atoms with Crippen LogP contribution in [0, 0.1) is 0 Å². The van der Waals surface area contributed by atoms with E-state index in [0.717, 1.165) is 24.1 Å². The fourth-order valence-electron chi connectivity index (χ4n) is 3.57. The second-order valence-corrected chi connectivity index (χ2v) is 8.81. The Morgan fingerprint density at radius 1 is 1.21 bits per heavy atom. The van der Waals surface area contributed by atoms with Crippen molar-refractivity contribution in [3.8, 4) is 16.3 Å². The lowest BCUT2D eigenvalue weighted by molar-refractivity contribution is 0.454. The summed E-state index contributed by atoms with van der Waals surface area (Å²) in [4.78, 5) is 27.1. The van der Waals surface area contributed by atoms with Gasteiger partial charge < -0.3 is 15.4 Å². The van der Waals surface area contributed by atoms with Crippen LogP contribution in [0.4, 0.5) is 11.5 Å². The van der Waals surface area contributed by atoms with Gasteiger partial charge in [-0.3, -0.25) is 9.98 Å². The molecule has 0 spiro atoms. The van der Waals surface area contributed by atoms with Crippen molar-refractivity contribution in [1.29, 1.82) is 0 Å². The summed E-state index contributed by atoms with van der Waals surface area (Å²) >= 11 is 1.71. The number of thiophene rings is 1. The van der Waals surface area contributed by atoms with Gasteiger partial charge in [-0.2, -0.15) is 9.61 Å². The molecule has 0 aliphatic heterocycles. The monoisotopic (exact) mass is 457 g/mol. The molecule has 0 unspecified atom stereocenters. The molecule has 1 saturated carbocycles. The minimum atomic E-state index is -0.485. The summed E-state index contributed by atoms with van der Waals surface area (Å²) in [6.07, 6.45) is 5.40. The van der Waals surface area contributed by atoms with Crippen LogP contribution in [0.1, 0.15) is 18.5 Å². The summed E-state index contributed by atoms with van der Waals surface area (Å²) < 4.78 is 1.68. The van der Waals surface area contributed by atoms with E-state index in [1.54, 1.807) is 28.1 Å². The highest BCUT2D eigenvalue weighted by molar-refractivity contribution is 7.13. The zero-order chi connectivity index (χ0) is 22.4. The van der Waals surface area contributed by atoms with Gasteiger partial charge in [0.1, 0.15) is 11.5 Å². The zero-order valence-electron chi connectivity index (χ0n) is 17.3. The van der Waals surface area contributed by atoms with Crippen molar-refractivity contribution in [2.75, 3.05) is 5.32 Å². The molecule has 0 radical (unpaired) electrons. The van der Waals surface area contributed by atoms with Gasteiger partial charge >= 0.3 is 5.69 Å². The van der Waals surface area contributed by atoms with Gasteiger partial charge in [-0.15, -0.1) is 11.3 Å². The van der Waals surface area contributed by atoms with Gasteiger partial charge in [0, 0.05) is 21.8 Å². The molecule has 5 aromatic rings. The van der Waals surface area contributed by atoms with Crippen LogP contribution in [0.2, 0.25) is 0 Å². The van der Waals surface area contributed by atoms with Crippen molar-refractivity contribution >= 4 is 34.6 Å². The third kappa shape index (κ3) is 3.92. The minimum absolute atomic E-state index is 0.234. The lowest BCUT2D eigenvalue weighted by Gasteiger charge is -2.07. The number of fused-ring (bicyclic) bond motifs is 1. The minimum Gasteiger partial charge on any atom is -0.493 e. The first-order valence-corrected chi connectivity index (χ1v) is 11.4. The molecule has 0 atom stereocenters. The molecular formula is C23H19N7O2S. The van der Waals surface area contributed by atoms with Crippen molar-refractivity contribution in [1.82, 2.24) is 24.6 Å². The quantitative estimate of drug-likeness (QED) is 0.323. The molecule has 1 aliphatic rings. The summed E-state index contributed by atoms with van der Waals surface area (Å²) in [5.74, 6) is 0.398. The first kappa shape index (κ1) is 19.5. The maximum absolute atomic E-state index is 11.5. The number of H-pyrrole nitrogens is 2. The van der Waals surface area contributed by atoms with Gasteiger partial charge in [0.2, 0.25) is 5.88 Å². The predicted molar refractivity (Wildman–Crippen MR) is 126 cm³/mol. The van der Waals surface area contributed by atoms with E-state index in [-0.39, 0.29) is 11.6 Å². The van der Waals surface area contributed by atoms with E-state index >= 15 is 0 Å². The van der Waals surface area contributed by atoms with Crippen LogP contribution in [-0.2, 0) is 0 Å². The summed E-state index contributed by atoms with van der Waals surface area (Å²) in [5, 5.41) is 20.4. The fourth-order valence-corrected chi connectivity index (χ4v) is 4.30. The number of imidazole rings is 1. The van der Waals surface area contributed by atoms with Crippen molar-refractivity contribution in [3.05, 3.63) is 80.9 Å². The predicted octanol–water partition coefficient (Wildman–Crippen LogP) is 2.53. The molecule has 4 aromatic heterocycles. The molecule has 4 heterocycles. The largest absolute Gasteiger partial charge is 0.493 e. The Labute approximate surface area is 190 Å². The number of hydrogen-bond donors (Lipinski definition) is 4. The summed E-state index contributed by atoms with van der Waals surface area (Å²) in [6.45, 7) is 0. The fraction of sp³-hybridized carbons (Fsp3) is 0.130. The van der Waals surface area contributed by atoms with E-state index in [9.17, 15) is 9.90 Å². The third-order valence-corrected chi connectivity index (χ3v) is 6.26. The Morgan fingerprint density at radius 3 is 2.76 bits per heavy atom. The maximum atomic E-state index is 11.5. The topological polar surface area (TPSA) is 123 Å². The number of anilines is 2. The molecule has 33 heavy (non-hydrogen) atoms. The molecular weight excluding hydrogens is 438 g/mol. The normalized spacial score (nSPS) is 14.9. The van der Waals surface area contributed by atoms with E-state index in [0.29, 0.717) is 28.2 Å². The highest BCUT2D eigenvalue weighted by atomic mass is 32.1. The number of nitrogens with zero attached hydrogens (tertiary/aromatic N) is 4. The molecule has 6 rings (SSSR count). The molecule has 1 aliphatic carbocycles. The van der Waals surface area contributed by atoms with Gasteiger partial charge in [0.25, 0.3) is 0 Å². The Balaban J connectivity index is 1.43. The van der Waals surface area contributed by atoms with E-state index in [1.807, 2.05) is 24.3 Å². The van der Waals surface area contributed by atoms with E-state index < -0.39 is 5.69 Å². The van der Waals surface area contributed by atoms with Crippen molar-refractivity contribution in [2.45, 2.75) is 18.9 Å². The molecule has 1 fully saturated rings. The van der Waals surface area contributed by atoms with Crippen LogP contribution in [0.5, 0.6) is 5.88 Å². The average molecular weight is 458 g/mol. The molecule has 164 valence electrons. The maximum Gasteiger partial charge on any atom is 0.326 e. The van der Waals surface area contributed by atoms with Crippen molar-refractivity contribution in [2.24, 2.45) is 4.99 Å². The zero-order valence-corrected chi connectivity index (χ0v) is 18.1. The first-order valence-electron chi connectivity index (χ1n) is 10.5. The van der Waals surface area contributed by atoms with Gasteiger partial charge in [-0.05, 0) is 48.1 Å². The lowest BCUT2D eigenvalue weighted by atomic mass is 10.2. The molecule has 0 saturated heterocycles. The SMILES string of the molecule is O=c1[nH]c(O)c(C=c2cnn3c(=NC4CC4)cc(Nc4ccc(-c5cccs5)cc4)nc23)[nH]1. The van der Waals surface area contributed by atoms with E-state index in [2.05, 4.69) is 44.0 Å². The molecule has 0 amide bonds. The average Bonchev–Trinajstić information content (AvgIpc) is 3.17. The number of hydrogen-bond acceptors (Lipinski definition) is 7. The second kappa shape index (κ2) is 7.75. The Morgan fingerprint density at radius 2 is 2.06 bits per heavy atom. The standard InChI is InChI=1S/C23H19N7O2S/c31-22-17(27-23(32)29-22)10-14-12-24-30-20(26-16-7-8-16)11-19(28-21(14)30)25-15-5-3-13(4-6-15)18-2-1-9-33-18/h1-6,9-12,16,25,31H,7-8H2,(H2,27,29,32). The van der Waals surface area contributed by atoms with Crippen LogP contribution in [0.25, 0.3) is 22.2 Å². The second-order valence-electron chi connectivity index (χ2n) is 7.86. The van der Waals surface area contributed by atoms with Crippen LogP contribution < -0.4 is 21.7 Å². The van der Waals surface area contributed by atoms with E-state index in [4.69, 9.17) is 9.98 Å². The van der Waals surface area contributed by atoms with Gasteiger partial charge in [0.15, 0.2) is 11.1 Å². The van der Waals surface area contributed by atoms with Gasteiger partial charge in [-0.25, -0.2) is 9.78 Å². The molecule has 4 N–H and O–H groups in total. The van der Waals surface area contributed by atoms with Gasteiger partial charge in [-0.1, -0.05) is 18.2 Å². The van der Waals surface area contributed by atoms with Gasteiger partial charge in [0.05, 0.1) is 12.2 Å². The molecule has 10 heteroatoms.